The first-order valence-corrected chi connectivity index (χ1v) is 19.3. The molecule has 0 aliphatic carbocycles. The quantitative estimate of drug-likeness (QED) is 0.245. The smallest absolute Gasteiger partial charge is 0.413 e. The second-order valence-electron chi connectivity index (χ2n) is 14.9. The minimum atomic E-state index is -2.19. The molecule has 1 fully saturated rings. The number of rotatable bonds is 6. The molecule has 13 heteroatoms. The lowest BCUT2D eigenvalue weighted by atomic mass is 9.92. The summed E-state index contributed by atoms with van der Waals surface area (Å²) in [4.78, 5) is 34.6. The van der Waals surface area contributed by atoms with Gasteiger partial charge in [0.05, 0.1) is 31.6 Å². The Hall–Kier alpha value is -3.81. The van der Waals surface area contributed by atoms with Crippen LogP contribution >= 0.6 is 0 Å². The third-order valence-corrected chi connectivity index (χ3v) is 13.6. The standard InChI is InChI=1S/C35H47FN4O7Si/c1-20-24(18-38-31-28(20)26(12-15-44-31)47-48(8,9)35(5,6)7)23-16-21-17-27(39-32(41)45-22-10-13-43-14-11-22)37-19-25(21)30(29(23)36)40-33(42)46-34(2,3)4/h16-19,22,26H,10-15H2,1-9H3,(H,40,42)(H,37,39,41). The van der Waals surface area contributed by atoms with Crippen LogP contribution < -0.4 is 15.4 Å². The van der Waals surface area contributed by atoms with Gasteiger partial charge in [0.1, 0.15) is 17.5 Å². The molecule has 0 bridgehead atoms. The Morgan fingerprint density at radius 1 is 0.938 bits per heavy atom. The molecule has 2 N–H and O–H groups in total. The predicted octanol–water partition coefficient (Wildman–Crippen LogP) is 8.66. The summed E-state index contributed by atoms with van der Waals surface area (Å²) in [7, 11) is -2.19. The Morgan fingerprint density at radius 3 is 2.31 bits per heavy atom. The number of carbonyl (C=O) groups excluding carboxylic acids is 2. The summed E-state index contributed by atoms with van der Waals surface area (Å²) in [6.07, 6.45) is 2.85. The number of ether oxygens (including phenoxy) is 4. The minimum Gasteiger partial charge on any atom is -0.477 e. The van der Waals surface area contributed by atoms with Crippen LogP contribution in [0.5, 0.6) is 5.88 Å². The van der Waals surface area contributed by atoms with Crippen molar-refractivity contribution in [2.24, 2.45) is 0 Å². The van der Waals surface area contributed by atoms with Crippen LogP contribution in [0.15, 0.2) is 24.5 Å². The highest BCUT2D eigenvalue weighted by Crippen LogP contribution is 2.46. The van der Waals surface area contributed by atoms with Gasteiger partial charge in [-0.05, 0) is 68.9 Å². The van der Waals surface area contributed by atoms with E-state index < -0.39 is 31.9 Å². The van der Waals surface area contributed by atoms with Crippen LogP contribution in [0.25, 0.3) is 21.9 Å². The van der Waals surface area contributed by atoms with E-state index in [1.165, 1.54) is 6.20 Å². The van der Waals surface area contributed by atoms with Crippen molar-refractivity contribution in [2.75, 3.05) is 30.5 Å². The van der Waals surface area contributed by atoms with Crippen molar-refractivity contribution in [3.05, 3.63) is 41.5 Å². The molecular weight excluding hydrogens is 635 g/mol. The molecule has 1 aromatic carbocycles. The highest BCUT2D eigenvalue weighted by molar-refractivity contribution is 6.74. The van der Waals surface area contributed by atoms with Gasteiger partial charge in [-0.3, -0.25) is 10.6 Å². The van der Waals surface area contributed by atoms with E-state index in [1.54, 1.807) is 39.1 Å². The third kappa shape index (κ3) is 7.90. The number of halogens is 1. The van der Waals surface area contributed by atoms with E-state index in [4.69, 9.17) is 23.4 Å². The number of aromatic nitrogens is 2. The van der Waals surface area contributed by atoms with E-state index in [1.807, 2.05) is 6.92 Å². The lowest BCUT2D eigenvalue weighted by Crippen LogP contribution is -2.42. The number of fused-ring (bicyclic) bond motifs is 2. The van der Waals surface area contributed by atoms with E-state index >= 15 is 4.39 Å². The second kappa shape index (κ2) is 13.6. The molecule has 48 heavy (non-hydrogen) atoms. The van der Waals surface area contributed by atoms with Crippen LogP contribution in [0, 0.1) is 12.7 Å². The van der Waals surface area contributed by atoms with Crippen LogP contribution in [0.2, 0.25) is 18.1 Å². The molecule has 5 rings (SSSR count). The van der Waals surface area contributed by atoms with Crippen molar-refractivity contribution < 1.29 is 37.4 Å². The first-order chi connectivity index (χ1) is 22.4. The summed E-state index contributed by atoms with van der Waals surface area (Å²) in [5.74, 6) is -0.00617. The maximum atomic E-state index is 16.7. The molecule has 11 nitrogen and oxygen atoms in total. The number of benzene rings is 1. The Labute approximate surface area is 282 Å². The van der Waals surface area contributed by atoms with Gasteiger partial charge < -0.3 is 23.4 Å². The molecule has 4 heterocycles. The normalized spacial score (nSPS) is 17.3. The van der Waals surface area contributed by atoms with Crippen molar-refractivity contribution in [3.63, 3.8) is 0 Å². The second-order valence-corrected chi connectivity index (χ2v) is 19.6. The lowest BCUT2D eigenvalue weighted by Gasteiger charge is -2.41. The number of hydrogen-bond acceptors (Lipinski definition) is 9. The zero-order valence-electron chi connectivity index (χ0n) is 29.3. The number of nitrogens with zero attached hydrogens (tertiary/aromatic N) is 2. The van der Waals surface area contributed by atoms with Crippen molar-refractivity contribution in [3.8, 4) is 17.0 Å². The highest BCUT2D eigenvalue weighted by atomic mass is 28.4. The number of pyridine rings is 2. The zero-order chi connectivity index (χ0) is 35.0. The van der Waals surface area contributed by atoms with Crippen molar-refractivity contribution in [1.29, 1.82) is 0 Å². The summed E-state index contributed by atoms with van der Waals surface area (Å²) in [6, 6.07) is 3.27. The molecule has 1 atom stereocenters. The van der Waals surface area contributed by atoms with E-state index in [-0.39, 0.29) is 34.3 Å². The van der Waals surface area contributed by atoms with E-state index in [0.29, 0.717) is 61.3 Å². The Kier molecular flexibility index (Phi) is 10.1. The molecule has 260 valence electrons. The molecule has 2 aromatic heterocycles. The maximum Gasteiger partial charge on any atom is 0.413 e. The first kappa shape index (κ1) is 35.5. The van der Waals surface area contributed by atoms with Gasteiger partial charge in [-0.25, -0.2) is 23.9 Å². The highest BCUT2D eigenvalue weighted by Gasteiger charge is 2.41. The first-order valence-electron chi connectivity index (χ1n) is 16.4. The molecular formula is C35H47FN4O7Si. The molecule has 2 amide bonds. The lowest BCUT2D eigenvalue weighted by molar-refractivity contribution is 0.00589. The van der Waals surface area contributed by atoms with Crippen LogP contribution in [0.1, 0.15) is 78.0 Å². The van der Waals surface area contributed by atoms with E-state index in [9.17, 15) is 9.59 Å². The van der Waals surface area contributed by atoms with Gasteiger partial charge in [0.2, 0.25) is 5.88 Å². The number of amides is 2. The van der Waals surface area contributed by atoms with Gasteiger partial charge >= 0.3 is 12.2 Å². The number of anilines is 2. The van der Waals surface area contributed by atoms with Crippen LogP contribution in [0.4, 0.5) is 25.5 Å². The monoisotopic (exact) mass is 682 g/mol. The SMILES string of the molecule is Cc1c(-c2cc3cc(NC(=O)OC4CCOCC4)ncc3c(NC(=O)OC(C)(C)C)c2F)cnc2c1C(O[Si](C)(C)C(C)(C)C)CCO2. The van der Waals surface area contributed by atoms with Crippen molar-refractivity contribution >= 4 is 42.8 Å². The topological polar surface area (TPSA) is 130 Å². The summed E-state index contributed by atoms with van der Waals surface area (Å²) < 4.78 is 45.9. The van der Waals surface area contributed by atoms with Crippen LogP contribution in [0.3, 0.4) is 0 Å². The van der Waals surface area contributed by atoms with Gasteiger partial charge in [-0.1, -0.05) is 20.8 Å². The molecule has 1 unspecified atom stereocenters. The number of nitrogens with one attached hydrogen (secondary N) is 2. The average Bonchev–Trinajstić information content (AvgIpc) is 2.97. The fraction of sp³-hybridized carbons (Fsp3) is 0.543. The van der Waals surface area contributed by atoms with Gasteiger partial charge in [0.25, 0.3) is 0 Å². The van der Waals surface area contributed by atoms with Crippen LogP contribution in [-0.2, 0) is 18.6 Å². The van der Waals surface area contributed by atoms with Gasteiger partial charge in [-0.2, -0.15) is 0 Å². The third-order valence-electron chi connectivity index (χ3n) is 9.08. The zero-order valence-corrected chi connectivity index (χ0v) is 30.3. The molecule has 3 aromatic rings. The van der Waals surface area contributed by atoms with Gasteiger partial charge in [0, 0.05) is 53.7 Å². The Bertz CT molecular complexity index is 1700. The summed E-state index contributed by atoms with van der Waals surface area (Å²) in [5.41, 5.74) is 1.34. The van der Waals surface area contributed by atoms with Gasteiger partial charge in [0.15, 0.2) is 14.1 Å². The summed E-state index contributed by atoms with van der Waals surface area (Å²) in [5, 5.41) is 6.09. The fourth-order valence-electron chi connectivity index (χ4n) is 5.56. The maximum absolute atomic E-state index is 16.7. The molecule has 0 saturated carbocycles. The molecule has 2 aliphatic rings. The largest absolute Gasteiger partial charge is 0.477 e. The Morgan fingerprint density at radius 2 is 1.65 bits per heavy atom. The number of carbonyl (C=O) groups is 2. The Balaban J connectivity index is 1.58. The van der Waals surface area contributed by atoms with Crippen molar-refractivity contribution in [2.45, 2.75) is 104 Å². The molecule has 1 saturated heterocycles. The van der Waals surface area contributed by atoms with Gasteiger partial charge in [-0.15, -0.1) is 0 Å². The fourth-order valence-corrected chi connectivity index (χ4v) is 6.86. The van der Waals surface area contributed by atoms with Crippen LogP contribution in [-0.4, -0.2) is 62.0 Å². The molecule has 0 radical (unpaired) electrons. The minimum absolute atomic E-state index is 0.0197. The molecule has 2 aliphatic heterocycles. The van der Waals surface area contributed by atoms with Crippen molar-refractivity contribution in [1.82, 2.24) is 9.97 Å². The molecule has 0 spiro atoms. The average molecular weight is 683 g/mol. The van der Waals surface area contributed by atoms with E-state index in [2.05, 4.69) is 54.5 Å². The summed E-state index contributed by atoms with van der Waals surface area (Å²) >= 11 is 0. The predicted molar refractivity (Wildman–Crippen MR) is 185 cm³/mol. The number of hydrogen-bond donors (Lipinski definition) is 2. The summed E-state index contributed by atoms with van der Waals surface area (Å²) in [6.45, 7) is 19.6. The van der Waals surface area contributed by atoms with E-state index in [0.717, 1.165) is 11.1 Å².